The van der Waals surface area contributed by atoms with Crippen molar-refractivity contribution in [3.8, 4) is 0 Å². The van der Waals surface area contributed by atoms with Crippen LogP contribution in [0.2, 0.25) is 0 Å². The van der Waals surface area contributed by atoms with Crippen LogP contribution in [-0.4, -0.2) is 18.3 Å². The second-order valence-electron chi connectivity index (χ2n) is 3.82. The van der Waals surface area contributed by atoms with E-state index >= 15 is 0 Å². The van der Waals surface area contributed by atoms with Gasteiger partial charge in [0.05, 0.1) is 12.1 Å². The Hall–Kier alpha value is -1.57. The summed E-state index contributed by atoms with van der Waals surface area (Å²) in [5.41, 5.74) is 2.41. The molecule has 1 N–H and O–H groups in total. The predicted octanol–water partition coefficient (Wildman–Crippen LogP) is 1.84. The zero-order valence-electron chi connectivity index (χ0n) is 7.85. The highest BCUT2D eigenvalue weighted by atomic mass is 15.0. The van der Waals surface area contributed by atoms with Crippen molar-refractivity contribution < 1.29 is 0 Å². The Morgan fingerprint density at radius 1 is 1.21 bits per heavy atom. The molecule has 1 heterocycles. The molecule has 14 heavy (non-hydrogen) atoms. The highest BCUT2D eigenvalue weighted by Crippen LogP contribution is 2.28. The number of benzene rings is 1. The lowest BCUT2D eigenvalue weighted by Crippen LogP contribution is -2.10. The van der Waals surface area contributed by atoms with Crippen LogP contribution in [0.5, 0.6) is 0 Å². The van der Waals surface area contributed by atoms with Crippen LogP contribution in [-0.2, 0) is 0 Å². The fraction of sp³-hybridized carbons (Fsp3) is 0.250. The van der Waals surface area contributed by atoms with E-state index in [4.69, 9.17) is 0 Å². The number of nitrogens with one attached hydrogen (secondary N) is 1. The maximum absolute atomic E-state index is 4.50. The summed E-state index contributed by atoms with van der Waals surface area (Å²) in [6.07, 6.45) is 5.26. The standard InChI is InChI=1S/C12H12N2/c1-2-4-9(5-3-1)10-7-13-11-6-12(11)14-8-10/h1-5,7-8,11-13H,6H2. The lowest BCUT2D eigenvalue weighted by Gasteiger charge is -2.01. The molecule has 0 spiro atoms. The predicted molar refractivity (Wildman–Crippen MR) is 58.2 cm³/mol. The Kier molecular flexibility index (Phi) is 1.66. The first kappa shape index (κ1) is 7.80. The van der Waals surface area contributed by atoms with Crippen LogP contribution in [0.15, 0.2) is 41.5 Å². The molecule has 1 aromatic carbocycles. The van der Waals surface area contributed by atoms with Crippen molar-refractivity contribution in [3.05, 3.63) is 42.1 Å². The zero-order valence-corrected chi connectivity index (χ0v) is 7.85. The maximum Gasteiger partial charge on any atom is 0.0721 e. The minimum absolute atomic E-state index is 0.521. The molecular formula is C12H12N2. The molecule has 0 aromatic heterocycles. The molecule has 2 nitrogen and oxygen atoms in total. The van der Waals surface area contributed by atoms with E-state index in [1.165, 1.54) is 17.6 Å². The van der Waals surface area contributed by atoms with Crippen LogP contribution in [0, 0.1) is 0 Å². The van der Waals surface area contributed by atoms with E-state index in [0.29, 0.717) is 12.1 Å². The molecule has 1 aliphatic heterocycles. The van der Waals surface area contributed by atoms with Gasteiger partial charge in [-0.25, -0.2) is 0 Å². The summed E-state index contributed by atoms with van der Waals surface area (Å²) in [4.78, 5) is 4.50. The number of aliphatic imine (C=N–C) groups is 1. The number of hydrogen-bond donors (Lipinski definition) is 1. The van der Waals surface area contributed by atoms with E-state index in [9.17, 15) is 0 Å². The highest BCUT2D eigenvalue weighted by Gasteiger charge is 2.36. The zero-order chi connectivity index (χ0) is 9.38. The van der Waals surface area contributed by atoms with E-state index in [-0.39, 0.29) is 0 Å². The van der Waals surface area contributed by atoms with Gasteiger partial charge in [0, 0.05) is 18.0 Å². The molecule has 0 radical (unpaired) electrons. The average Bonchev–Trinajstić information content (AvgIpc) is 2.96. The number of fused-ring (bicyclic) bond motifs is 1. The number of allylic oxidation sites excluding steroid dienone is 1. The molecule has 1 fully saturated rings. The Balaban J connectivity index is 1.92. The molecule has 70 valence electrons. The molecule has 0 amide bonds. The van der Waals surface area contributed by atoms with Crippen LogP contribution in [0.4, 0.5) is 0 Å². The summed E-state index contributed by atoms with van der Waals surface area (Å²) >= 11 is 0. The Labute approximate surface area is 83.4 Å². The number of hydrogen-bond acceptors (Lipinski definition) is 2. The van der Waals surface area contributed by atoms with E-state index < -0.39 is 0 Å². The minimum Gasteiger partial charge on any atom is -0.385 e. The summed E-state index contributed by atoms with van der Waals surface area (Å²) in [5.74, 6) is 0. The second-order valence-corrected chi connectivity index (χ2v) is 3.82. The van der Waals surface area contributed by atoms with Gasteiger partial charge in [-0.05, 0) is 12.0 Å². The summed E-state index contributed by atoms with van der Waals surface area (Å²) in [6, 6.07) is 11.5. The Morgan fingerprint density at radius 3 is 2.93 bits per heavy atom. The average molecular weight is 184 g/mol. The van der Waals surface area contributed by atoms with Crippen molar-refractivity contribution in [2.24, 2.45) is 4.99 Å². The lowest BCUT2D eigenvalue weighted by molar-refractivity contribution is 0.830. The van der Waals surface area contributed by atoms with Gasteiger partial charge in [-0.3, -0.25) is 4.99 Å². The fourth-order valence-corrected chi connectivity index (χ4v) is 1.72. The van der Waals surface area contributed by atoms with Crippen molar-refractivity contribution in [1.82, 2.24) is 5.32 Å². The third-order valence-corrected chi connectivity index (χ3v) is 2.72. The summed E-state index contributed by atoms with van der Waals surface area (Å²) < 4.78 is 0. The van der Waals surface area contributed by atoms with Crippen LogP contribution in [0.3, 0.4) is 0 Å². The van der Waals surface area contributed by atoms with Crippen molar-refractivity contribution in [2.45, 2.75) is 18.5 Å². The van der Waals surface area contributed by atoms with Gasteiger partial charge >= 0.3 is 0 Å². The second kappa shape index (κ2) is 2.98. The fourth-order valence-electron chi connectivity index (χ4n) is 1.72. The molecule has 2 heteroatoms. The molecule has 3 rings (SSSR count). The monoisotopic (exact) mass is 184 g/mol. The largest absolute Gasteiger partial charge is 0.385 e. The van der Waals surface area contributed by atoms with E-state index in [2.05, 4.69) is 40.8 Å². The normalized spacial score (nSPS) is 28.4. The van der Waals surface area contributed by atoms with E-state index in [1.807, 2.05) is 12.3 Å². The van der Waals surface area contributed by atoms with Gasteiger partial charge < -0.3 is 5.32 Å². The van der Waals surface area contributed by atoms with E-state index in [1.54, 1.807) is 0 Å². The van der Waals surface area contributed by atoms with Crippen LogP contribution < -0.4 is 5.32 Å². The number of rotatable bonds is 1. The first-order chi connectivity index (χ1) is 6.93. The van der Waals surface area contributed by atoms with Gasteiger partial charge in [0.2, 0.25) is 0 Å². The molecule has 1 saturated carbocycles. The van der Waals surface area contributed by atoms with Gasteiger partial charge in [0.25, 0.3) is 0 Å². The summed E-state index contributed by atoms with van der Waals surface area (Å²) in [7, 11) is 0. The SMILES string of the molecule is C1=NC2CC2NC=C1c1ccccc1. The molecule has 0 saturated heterocycles. The third-order valence-electron chi connectivity index (χ3n) is 2.72. The first-order valence-electron chi connectivity index (χ1n) is 4.98. The van der Waals surface area contributed by atoms with E-state index in [0.717, 1.165) is 0 Å². The highest BCUT2D eigenvalue weighted by molar-refractivity contribution is 6.10. The molecule has 0 bridgehead atoms. The van der Waals surface area contributed by atoms with Crippen LogP contribution in [0.1, 0.15) is 12.0 Å². The van der Waals surface area contributed by atoms with Crippen LogP contribution >= 0.6 is 0 Å². The summed E-state index contributed by atoms with van der Waals surface area (Å²) in [6.45, 7) is 0. The Bertz CT molecular complexity index is 392. The van der Waals surface area contributed by atoms with Gasteiger partial charge in [-0.2, -0.15) is 0 Å². The number of nitrogens with zero attached hydrogens (tertiary/aromatic N) is 1. The molecular weight excluding hydrogens is 172 g/mol. The molecule has 2 atom stereocenters. The molecule has 1 aliphatic carbocycles. The molecule has 2 aliphatic rings. The topological polar surface area (TPSA) is 24.4 Å². The minimum atomic E-state index is 0.521. The first-order valence-corrected chi connectivity index (χ1v) is 4.98. The van der Waals surface area contributed by atoms with Crippen molar-refractivity contribution >= 4 is 11.8 Å². The van der Waals surface area contributed by atoms with Crippen molar-refractivity contribution in [3.63, 3.8) is 0 Å². The van der Waals surface area contributed by atoms with Gasteiger partial charge in [-0.1, -0.05) is 30.3 Å². The third kappa shape index (κ3) is 1.33. The maximum atomic E-state index is 4.50. The lowest BCUT2D eigenvalue weighted by atomic mass is 10.1. The van der Waals surface area contributed by atoms with Gasteiger partial charge in [-0.15, -0.1) is 0 Å². The quantitative estimate of drug-likeness (QED) is 0.707. The molecule has 1 aromatic rings. The molecule has 2 unspecified atom stereocenters. The van der Waals surface area contributed by atoms with Crippen molar-refractivity contribution in [1.29, 1.82) is 0 Å². The van der Waals surface area contributed by atoms with Gasteiger partial charge in [0.1, 0.15) is 0 Å². The van der Waals surface area contributed by atoms with Gasteiger partial charge in [0.15, 0.2) is 0 Å². The Morgan fingerprint density at radius 2 is 2.07 bits per heavy atom. The van der Waals surface area contributed by atoms with Crippen LogP contribution in [0.25, 0.3) is 5.57 Å². The summed E-state index contributed by atoms with van der Waals surface area (Å²) in [5, 5.41) is 3.38. The smallest absolute Gasteiger partial charge is 0.0721 e. The van der Waals surface area contributed by atoms with Crippen molar-refractivity contribution in [2.75, 3.05) is 0 Å².